The van der Waals surface area contributed by atoms with Crippen LogP contribution in [0.5, 0.6) is 0 Å². The minimum atomic E-state index is -0.409. The molecule has 1 aromatic rings. The molecule has 2 nitrogen and oxygen atoms in total. The molecule has 1 aromatic heterocycles. The maximum atomic E-state index is 12.6. The van der Waals surface area contributed by atoms with Gasteiger partial charge < -0.3 is 5.32 Å². The molecule has 0 amide bonds. The summed E-state index contributed by atoms with van der Waals surface area (Å²) in [7, 11) is 0. The van der Waals surface area contributed by atoms with Crippen LogP contribution in [0.15, 0.2) is 24.4 Å². The molecule has 0 spiro atoms. The summed E-state index contributed by atoms with van der Waals surface area (Å²) in [5.74, 6) is 0.281. The van der Waals surface area contributed by atoms with Crippen molar-refractivity contribution in [3.8, 4) is 0 Å². The van der Waals surface area contributed by atoms with Gasteiger partial charge >= 0.3 is 0 Å². The predicted octanol–water partition coefficient (Wildman–Crippen LogP) is 1.60. The fourth-order valence-corrected chi connectivity index (χ4v) is 2.16. The second-order valence-electron chi connectivity index (χ2n) is 3.94. The average molecular weight is 190 g/mol. The zero-order chi connectivity index (χ0) is 9.54. The van der Waals surface area contributed by atoms with E-state index in [1.807, 2.05) is 0 Å². The highest BCUT2D eigenvalue weighted by atomic mass is 19.1. The van der Waals surface area contributed by atoms with E-state index >= 15 is 0 Å². The van der Waals surface area contributed by atoms with Crippen LogP contribution < -0.4 is 5.32 Å². The first-order valence-electron chi connectivity index (χ1n) is 4.89. The highest BCUT2D eigenvalue weighted by Gasteiger charge is 2.34. The topological polar surface area (TPSA) is 24.9 Å². The maximum absolute atomic E-state index is 12.6. The molecule has 1 saturated heterocycles. The molecule has 2 atom stereocenters. The number of hydrogen-bond acceptors (Lipinski definition) is 2. The highest BCUT2D eigenvalue weighted by Crippen LogP contribution is 2.35. The Hall–Kier alpha value is -1.22. The third-order valence-electron chi connectivity index (χ3n) is 3.09. The third kappa shape index (κ3) is 1.16. The molecule has 3 rings (SSSR count). The number of aromatic nitrogens is 1. The average Bonchev–Trinajstić information content (AvgIpc) is 2.45. The van der Waals surface area contributed by atoms with Crippen molar-refractivity contribution in [3.05, 3.63) is 35.9 Å². The predicted molar refractivity (Wildman–Crippen MR) is 52.1 cm³/mol. The first kappa shape index (κ1) is 8.12. The number of fused-ring (bicyclic) bond motifs is 1. The van der Waals surface area contributed by atoms with Crippen LogP contribution >= 0.6 is 0 Å². The van der Waals surface area contributed by atoms with Crippen molar-refractivity contribution in [1.82, 2.24) is 10.3 Å². The van der Waals surface area contributed by atoms with Crippen molar-refractivity contribution >= 4 is 5.57 Å². The Morgan fingerprint density at radius 2 is 2.36 bits per heavy atom. The lowest BCUT2D eigenvalue weighted by Crippen LogP contribution is -2.49. The second kappa shape index (κ2) is 2.89. The molecule has 2 heterocycles. The van der Waals surface area contributed by atoms with Gasteiger partial charge in [0.15, 0.2) is 0 Å². The van der Waals surface area contributed by atoms with E-state index in [1.165, 1.54) is 11.6 Å². The number of nitrogens with one attached hydrogen (secondary N) is 1. The molecular formula is C11H11FN2. The van der Waals surface area contributed by atoms with E-state index in [0.717, 1.165) is 18.5 Å². The van der Waals surface area contributed by atoms with E-state index in [1.54, 1.807) is 12.3 Å². The number of rotatable bonds is 1. The van der Waals surface area contributed by atoms with E-state index in [9.17, 15) is 4.39 Å². The van der Waals surface area contributed by atoms with E-state index in [4.69, 9.17) is 0 Å². The van der Waals surface area contributed by atoms with E-state index in [2.05, 4.69) is 16.4 Å². The van der Waals surface area contributed by atoms with Crippen molar-refractivity contribution in [3.63, 3.8) is 0 Å². The van der Waals surface area contributed by atoms with Crippen molar-refractivity contribution in [2.24, 2.45) is 5.92 Å². The van der Waals surface area contributed by atoms with Gasteiger partial charge in [0.25, 0.3) is 0 Å². The molecule has 1 aliphatic heterocycles. The summed E-state index contributed by atoms with van der Waals surface area (Å²) in [6.45, 7) is 1.09. The van der Waals surface area contributed by atoms with Crippen LogP contribution in [0.25, 0.3) is 5.57 Å². The summed E-state index contributed by atoms with van der Waals surface area (Å²) in [6, 6.07) is 3.85. The van der Waals surface area contributed by atoms with Crippen LogP contribution in [0.3, 0.4) is 0 Å². The summed E-state index contributed by atoms with van der Waals surface area (Å²) in [5, 5.41) is 3.37. The van der Waals surface area contributed by atoms with Crippen LogP contribution in [0.2, 0.25) is 0 Å². The van der Waals surface area contributed by atoms with Crippen molar-refractivity contribution in [1.29, 1.82) is 0 Å². The lowest BCUT2D eigenvalue weighted by molar-refractivity contribution is 0.306. The van der Waals surface area contributed by atoms with Gasteiger partial charge in [0, 0.05) is 24.7 Å². The zero-order valence-corrected chi connectivity index (χ0v) is 7.70. The third-order valence-corrected chi connectivity index (χ3v) is 3.09. The molecule has 0 bridgehead atoms. The molecule has 0 unspecified atom stereocenters. The van der Waals surface area contributed by atoms with Crippen LogP contribution in [0, 0.1) is 11.9 Å². The lowest BCUT2D eigenvalue weighted by Gasteiger charge is -2.31. The molecule has 72 valence electrons. The van der Waals surface area contributed by atoms with Gasteiger partial charge in [-0.2, -0.15) is 4.39 Å². The quantitative estimate of drug-likeness (QED) is 0.680. The van der Waals surface area contributed by atoms with E-state index in [0.29, 0.717) is 12.0 Å². The first-order chi connectivity index (χ1) is 6.83. The molecule has 0 saturated carbocycles. The van der Waals surface area contributed by atoms with E-state index < -0.39 is 5.95 Å². The number of halogens is 1. The number of hydrogen-bond donors (Lipinski definition) is 1. The molecule has 0 radical (unpaired) electrons. The number of pyridine rings is 1. The molecule has 0 aromatic carbocycles. The Bertz CT molecular complexity index is 383. The summed E-state index contributed by atoms with van der Waals surface area (Å²) in [4.78, 5) is 3.67. The van der Waals surface area contributed by atoms with Gasteiger partial charge in [0.1, 0.15) is 0 Å². The van der Waals surface area contributed by atoms with Gasteiger partial charge in [-0.25, -0.2) is 4.98 Å². The van der Waals surface area contributed by atoms with Gasteiger partial charge in [-0.3, -0.25) is 0 Å². The molecule has 2 aliphatic rings. The molecule has 1 fully saturated rings. The molecule has 3 heteroatoms. The van der Waals surface area contributed by atoms with Crippen LogP contribution in [-0.4, -0.2) is 17.6 Å². The molecule has 1 N–H and O–H groups in total. The number of nitrogens with zero attached hydrogens (tertiary/aromatic N) is 1. The second-order valence-corrected chi connectivity index (χ2v) is 3.94. The van der Waals surface area contributed by atoms with Crippen molar-refractivity contribution < 1.29 is 4.39 Å². The summed E-state index contributed by atoms with van der Waals surface area (Å²) < 4.78 is 12.6. The Labute approximate surface area is 81.9 Å². The Morgan fingerprint density at radius 1 is 1.43 bits per heavy atom. The van der Waals surface area contributed by atoms with Crippen molar-refractivity contribution in [2.75, 3.05) is 6.54 Å². The van der Waals surface area contributed by atoms with Crippen molar-refractivity contribution in [2.45, 2.75) is 12.5 Å². The maximum Gasteiger partial charge on any atom is 0.212 e. The SMILES string of the molecule is Fc1ccc(C2=C[C@@H]3CN[C@@H]3C2)cn1. The van der Waals surface area contributed by atoms with Gasteiger partial charge in [-0.15, -0.1) is 0 Å². The Balaban J connectivity index is 1.89. The normalized spacial score (nSPS) is 29.4. The van der Waals surface area contributed by atoms with Gasteiger partial charge in [0.2, 0.25) is 5.95 Å². The van der Waals surface area contributed by atoms with Gasteiger partial charge in [-0.1, -0.05) is 6.08 Å². The largest absolute Gasteiger partial charge is 0.312 e. The minimum Gasteiger partial charge on any atom is -0.312 e. The van der Waals surface area contributed by atoms with Gasteiger partial charge in [0.05, 0.1) is 0 Å². The fourth-order valence-electron chi connectivity index (χ4n) is 2.16. The molecule has 14 heavy (non-hydrogen) atoms. The molecular weight excluding hydrogens is 179 g/mol. The zero-order valence-electron chi connectivity index (χ0n) is 7.70. The smallest absolute Gasteiger partial charge is 0.212 e. The lowest BCUT2D eigenvalue weighted by atomic mass is 9.95. The molecule has 1 aliphatic carbocycles. The summed E-state index contributed by atoms with van der Waals surface area (Å²) in [6.07, 6.45) is 4.96. The highest BCUT2D eigenvalue weighted by molar-refractivity contribution is 5.68. The first-order valence-corrected chi connectivity index (χ1v) is 4.89. The van der Waals surface area contributed by atoms with Gasteiger partial charge in [-0.05, 0) is 29.7 Å². The Morgan fingerprint density at radius 3 is 2.86 bits per heavy atom. The van der Waals surface area contributed by atoms with E-state index in [-0.39, 0.29) is 0 Å². The summed E-state index contributed by atoms with van der Waals surface area (Å²) >= 11 is 0. The minimum absolute atomic E-state index is 0.409. The van der Waals surface area contributed by atoms with Crippen LogP contribution in [-0.2, 0) is 0 Å². The fraction of sp³-hybridized carbons (Fsp3) is 0.364. The van der Waals surface area contributed by atoms with Crippen LogP contribution in [0.4, 0.5) is 4.39 Å². The Kier molecular flexibility index (Phi) is 1.67. The van der Waals surface area contributed by atoms with Crippen LogP contribution in [0.1, 0.15) is 12.0 Å². The standard InChI is InChI=1S/C11H11FN2/c12-11-2-1-7(5-14-11)8-3-9-6-13-10(9)4-8/h1-3,5,9-10,13H,4,6H2/t9-,10-/m1/s1. The monoisotopic (exact) mass is 190 g/mol. The summed E-state index contributed by atoms with van der Waals surface area (Å²) in [5.41, 5.74) is 2.36.